The summed E-state index contributed by atoms with van der Waals surface area (Å²) in [6.45, 7) is 3.28. The molecule has 1 amide bonds. The smallest absolute Gasteiger partial charge is 0.418 e. The monoisotopic (exact) mass is 523 g/mol. The molecule has 0 radical (unpaired) electrons. The van der Waals surface area contributed by atoms with E-state index in [4.69, 9.17) is 9.47 Å². The van der Waals surface area contributed by atoms with Crippen molar-refractivity contribution in [3.05, 3.63) is 98.8 Å². The molecule has 0 atom stereocenters. The minimum Gasteiger partial charge on any atom is -0.493 e. The average molecular weight is 524 g/mol. The molecular weight excluding hydrogens is 499 g/mol. The number of alkyl halides is 3. The summed E-state index contributed by atoms with van der Waals surface area (Å²) in [7, 11) is 1.49. The Morgan fingerprint density at radius 1 is 1.08 bits per heavy atom. The summed E-state index contributed by atoms with van der Waals surface area (Å²) in [5, 5.41) is 2.35. The number of aryl methyl sites for hydroxylation is 2. The molecular formula is C28H24F3N3O4. The van der Waals surface area contributed by atoms with E-state index in [0.717, 1.165) is 22.8 Å². The second-order valence-electron chi connectivity index (χ2n) is 9.07. The number of hydrogen-bond acceptors (Lipinski definition) is 4. The Bertz CT molecular complexity index is 1620. The lowest BCUT2D eigenvalue weighted by Gasteiger charge is -2.21. The molecule has 1 N–H and O–H groups in total. The molecule has 5 rings (SSSR count). The number of amides is 1. The molecule has 3 aromatic carbocycles. The highest BCUT2D eigenvalue weighted by Crippen LogP contribution is 2.42. The van der Waals surface area contributed by atoms with Crippen LogP contribution in [0.25, 0.3) is 5.69 Å². The van der Waals surface area contributed by atoms with Crippen molar-refractivity contribution in [2.45, 2.75) is 33.0 Å². The average Bonchev–Trinajstić information content (AvgIpc) is 3.12. The largest absolute Gasteiger partial charge is 0.493 e. The van der Waals surface area contributed by atoms with Crippen molar-refractivity contribution < 1.29 is 27.4 Å². The van der Waals surface area contributed by atoms with E-state index >= 15 is 0 Å². The third-order valence-corrected chi connectivity index (χ3v) is 6.41. The second kappa shape index (κ2) is 9.44. The van der Waals surface area contributed by atoms with Crippen molar-refractivity contribution in [2.75, 3.05) is 12.4 Å². The number of methoxy groups -OCH3 is 1. The molecule has 1 aliphatic rings. The van der Waals surface area contributed by atoms with Crippen LogP contribution in [0, 0.1) is 13.8 Å². The first kappa shape index (κ1) is 25.2. The van der Waals surface area contributed by atoms with Crippen molar-refractivity contribution in [1.29, 1.82) is 0 Å². The van der Waals surface area contributed by atoms with Crippen LogP contribution in [0.1, 0.15) is 27.8 Å². The number of fused-ring (bicyclic) bond motifs is 2. The molecule has 38 heavy (non-hydrogen) atoms. The Labute approximate surface area is 216 Å². The molecule has 0 bridgehead atoms. The van der Waals surface area contributed by atoms with Gasteiger partial charge in [0.05, 0.1) is 29.6 Å². The van der Waals surface area contributed by atoms with Gasteiger partial charge in [-0.25, -0.2) is 9.36 Å². The van der Waals surface area contributed by atoms with E-state index in [1.165, 1.54) is 34.7 Å². The van der Waals surface area contributed by atoms with E-state index < -0.39 is 24.2 Å². The summed E-state index contributed by atoms with van der Waals surface area (Å²) in [5.74, 6) is 0.241. The maximum atomic E-state index is 13.7. The van der Waals surface area contributed by atoms with Gasteiger partial charge >= 0.3 is 6.18 Å². The number of aromatic nitrogens is 2. The van der Waals surface area contributed by atoms with Gasteiger partial charge < -0.3 is 14.8 Å². The molecule has 1 aromatic heterocycles. The van der Waals surface area contributed by atoms with Gasteiger partial charge in [0.15, 0.2) is 11.5 Å². The van der Waals surface area contributed by atoms with Crippen molar-refractivity contribution in [2.24, 2.45) is 0 Å². The number of carbonyl (C=O) groups is 1. The molecule has 0 aliphatic carbocycles. The van der Waals surface area contributed by atoms with E-state index in [1.807, 2.05) is 32.0 Å². The number of carbonyl (C=O) groups excluding carboxylic acids is 1. The minimum atomic E-state index is -4.65. The lowest BCUT2D eigenvalue weighted by atomic mass is 10.0. The van der Waals surface area contributed by atoms with E-state index in [1.54, 1.807) is 18.2 Å². The van der Waals surface area contributed by atoms with E-state index in [0.29, 0.717) is 22.7 Å². The van der Waals surface area contributed by atoms with Gasteiger partial charge in [0.25, 0.3) is 5.56 Å². The zero-order valence-electron chi connectivity index (χ0n) is 20.8. The minimum absolute atomic E-state index is 0.131. The predicted octanol–water partition coefficient (Wildman–Crippen LogP) is 5.62. The van der Waals surface area contributed by atoms with Crippen LogP contribution in [0.4, 0.5) is 18.9 Å². The molecule has 0 saturated heterocycles. The third kappa shape index (κ3) is 4.42. The standard InChI is InChI=1S/C28H24F3N3O4/c1-16-11-12-22(17(2)13-16)34-26(36)19-14-18-7-6-10-23(37-3)25(18)38-27(19)33(34)15-24(35)32-21-9-5-4-8-20(21)28(29,30)31/h4-13H,14-15H2,1-3H3,(H,32,35). The van der Waals surface area contributed by atoms with Crippen molar-refractivity contribution in [3.63, 3.8) is 0 Å². The predicted molar refractivity (Wildman–Crippen MR) is 135 cm³/mol. The molecule has 2 heterocycles. The van der Waals surface area contributed by atoms with Gasteiger partial charge in [-0.15, -0.1) is 0 Å². The number of para-hydroxylation sites is 2. The molecule has 10 heteroatoms. The summed E-state index contributed by atoms with van der Waals surface area (Å²) in [4.78, 5) is 26.9. The normalized spacial score (nSPS) is 12.4. The van der Waals surface area contributed by atoms with Crippen molar-refractivity contribution >= 4 is 11.6 Å². The molecule has 7 nitrogen and oxygen atoms in total. The fourth-order valence-corrected chi connectivity index (χ4v) is 4.70. The topological polar surface area (TPSA) is 74.5 Å². The van der Waals surface area contributed by atoms with E-state index in [-0.39, 0.29) is 23.5 Å². The second-order valence-corrected chi connectivity index (χ2v) is 9.07. The number of rotatable bonds is 5. The van der Waals surface area contributed by atoms with E-state index in [2.05, 4.69) is 5.32 Å². The Morgan fingerprint density at radius 3 is 2.55 bits per heavy atom. The zero-order valence-corrected chi connectivity index (χ0v) is 20.8. The summed E-state index contributed by atoms with van der Waals surface area (Å²) < 4.78 is 54.8. The van der Waals surface area contributed by atoms with Gasteiger partial charge in [-0.2, -0.15) is 13.2 Å². The van der Waals surface area contributed by atoms with Crippen molar-refractivity contribution in [3.8, 4) is 23.1 Å². The summed E-state index contributed by atoms with van der Waals surface area (Å²) in [6.07, 6.45) is -4.42. The number of nitrogens with zero attached hydrogens (tertiary/aromatic N) is 2. The van der Waals surface area contributed by atoms with Gasteiger partial charge in [-0.05, 0) is 43.7 Å². The SMILES string of the molecule is COc1cccc2c1Oc1c(c(=O)n(-c3ccc(C)cc3C)n1CC(=O)Nc1ccccc1C(F)(F)F)C2. The number of hydrogen-bond donors (Lipinski definition) is 1. The number of nitrogens with one attached hydrogen (secondary N) is 1. The van der Waals surface area contributed by atoms with Crippen LogP contribution in [-0.4, -0.2) is 22.4 Å². The maximum absolute atomic E-state index is 13.7. The van der Waals surface area contributed by atoms with E-state index in [9.17, 15) is 22.8 Å². The Hall–Kier alpha value is -4.47. The number of ether oxygens (including phenoxy) is 2. The molecule has 0 fully saturated rings. The van der Waals surface area contributed by atoms with Crippen LogP contribution in [0.3, 0.4) is 0 Å². The molecule has 0 spiro atoms. The fourth-order valence-electron chi connectivity index (χ4n) is 4.70. The third-order valence-electron chi connectivity index (χ3n) is 6.41. The fraction of sp³-hybridized carbons (Fsp3) is 0.214. The summed E-state index contributed by atoms with van der Waals surface area (Å²) >= 11 is 0. The molecule has 0 unspecified atom stereocenters. The Morgan fingerprint density at radius 2 is 1.84 bits per heavy atom. The van der Waals surface area contributed by atoms with Crippen LogP contribution in [0.2, 0.25) is 0 Å². The van der Waals surface area contributed by atoms with Gasteiger partial charge in [-0.1, -0.05) is 42.0 Å². The van der Waals surface area contributed by atoms with Crippen LogP contribution < -0.4 is 20.3 Å². The molecule has 196 valence electrons. The van der Waals surface area contributed by atoms with Crippen LogP contribution >= 0.6 is 0 Å². The first-order valence-corrected chi connectivity index (χ1v) is 11.8. The van der Waals surface area contributed by atoms with Crippen LogP contribution in [0.5, 0.6) is 17.4 Å². The zero-order chi connectivity index (χ0) is 27.2. The van der Waals surface area contributed by atoms with Gasteiger partial charge in [0.2, 0.25) is 11.8 Å². The lowest BCUT2D eigenvalue weighted by Crippen LogP contribution is -2.28. The van der Waals surface area contributed by atoms with Gasteiger partial charge in [-0.3, -0.25) is 9.59 Å². The highest BCUT2D eigenvalue weighted by Gasteiger charge is 2.34. The van der Waals surface area contributed by atoms with Crippen LogP contribution in [0.15, 0.2) is 65.5 Å². The first-order valence-electron chi connectivity index (χ1n) is 11.8. The van der Waals surface area contributed by atoms with Gasteiger partial charge in [0.1, 0.15) is 6.54 Å². The number of anilines is 1. The highest BCUT2D eigenvalue weighted by molar-refractivity contribution is 5.91. The molecule has 1 aliphatic heterocycles. The first-order chi connectivity index (χ1) is 18.1. The number of benzene rings is 3. The summed E-state index contributed by atoms with van der Waals surface area (Å²) in [5.41, 5.74) is 1.63. The van der Waals surface area contributed by atoms with Crippen molar-refractivity contribution in [1.82, 2.24) is 9.36 Å². The molecule has 0 saturated carbocycles. The van der Waals surface area contributed by atoms with Gasteiger partial charge in [0, 0.05) is 12.0 Å². The quantitative estimate of drug-likeness (QED) is 0.325. The Balaban J connectivity index is 1.62. The molecule has 4 aromatic rings. The maximum Gasteiger partial charge on any atom is 0.418 e. The number of halogens is 3. The Kier molecular flexibility index (Phi) is 6.26. The highest BCUT2D eigenvalue weighted by atomic mass is 19.4. The lowest BCUT2D eigenvalue weighted by molar-refractivity contribution is -0.137. The summed E-state index contributed by atoms with van der Waals surface area (Å²) in [6, 6.07) is 15.5. The van der Waals surface area contributed by atoms with Crippen LogP contribution in [-0.2, 0) is 23.9 Å².